The smallest absolute Gasteiger partial charge is 0.263 e. The minimum atomic E-state index is -0.173. The van der Waals surface area contributed by atoms with Crippen molar-refractivity contribution in [2.75, 3.05) is 13.1 Å². The highest BCUT2D eigenvalue weighted by Crippen LogP contribution is 2.30. The van der Waals surface area contributed by atoms with E-state index in [0.29, 0.717) is 27.6 Å². The quantitative estimate of drug-likeness (QED) is 0.514. The van der Waals surface area contributed by atoms with Crippen LogP contribution in [-0.4, -0.2) is 37.8 Å². The van der Waals surface area contributed by atoms with Crippen LogP contribution < -0.4 is 10.9 Å². The Bertz CT molecular complexity index is 1210. The number of halogens is 2. The number of fused-ring (bicyclic) bond motifs is 1. The van der Waals surface area contributed by atoms with Crippen molar-refractivity contribution in [2.24, 2.45) is 0 Å². The third-order valence-corrected chi connectivity index (χ3v) is 5.39. The van der Waals surface area contributed by atoms with E-state index in [1.54, 1.807) is 22.8 Å². The Kier molecular flexibility index (Phi) is 5.40. The Labute approximate surface area is 176 Å². The Morgan fingerprint density at radius 1 is 1.17 bits per heavy atom. The zero-order chi connectivity index (χ0) is 19.1. The summed E-state index contributed by atoms with van der Waals surface area (Å²) in [6, 6.07) is 8.92. The SMILES string of the molecule is Cl.O=c1cc(C2CCNCC2)n2ncc(-c3nc(-c4ccccc4Cl)no3)c2[nH]1. The van der Waals surface area contributed by atoms with E-state index in [9.17, 15) is 4.79 Å². The molecule has 0 bridgehead atoms. The van der Waals surface area contributed by atoms with Gasteiger partial charge in [-0.3, -0.25) is 4.79 Å². The van der Waals surface area contributed by atoms with E-state index in [0.717, 1.165) is 31.6 Å². The maximum atomic E-state index is 12.3. The summed E-state index contributed by atoms with van der Waals surface area (Å²) < 4.78 is 7.22. The van der Waals surface area contributed by atoms with Crippen LogP contribution in [0.2, 0.25) is 5.02 Å². The standard InChI is InChI=1S/C19H17ClN6O2.ClH/c20-14-4-2-1-3-12(14)17-24-19(28-25-17)13-10-22-26-15(9-16(27)23-18(13)26)11-5-7-21-8-6-11;/h1-4,9-11,21H,5-8H2,(H,23,27);1H. The predicted molar refractivity (Wildman–Crippen MR) is 112 cm³/mol. The summed E-state index contributed by atoms with van der Waals surface area (Å²) in [5.74, 6) is 0.944. The highest BCUT2D eigenvalue weighted by Gasteiger charge is 2.23. The second kappa shape index (κ2) is 7.98. The molecule has 8 nitrogen and oxygen atoms in total. The molecular weight excluding hydrogens is 415 g/mol. The molecule has 1 aliphatic heterocycles. The maximum absolute atomic E-state index is 12.3. The fraction of sp³-hybridized carbons (Fsp3) is 0.263. The number of nitrogens with one attached hydrogen (secondary N) is 2. The summed E-state index contributed by atoms with van der Waals surface area (Å²) in [6.45, 7) is 1.86. The van der Waals surface area contributed by atoms with Gasteiger partial charge in [-0.25, -0.2) is 4.52 Å². The van der Waals surface area contributed by atoms with Gasteiger partial charge in [-0.1, -0.05) is 28.9 Å². The van der Waals surface area contributed by atoms with Crippen molar-refractivity contribution in [3.05, 3.63) is 57.6 Å². The number of hydrogen-bond donors (Lipinski definition) is 2. The molecule has 29 heavy (non-hydrogen) atoms. The number of benzene rings is 1. The molecule has 0 amide bonds. The molecule has 2 N–H and O–H groups in total. The number of rotatable bonds is 3. The van der Waals surface area contributed by atoms with Gasteiger partial charge in [-0.15, -0.1) is 12.4 Å². The lowest BCUT2D eigenvalue weighted by Gasteiger charge is -2.23. The number of piperidine rings is 1. The molecule has 0 aliphatic carbocycles. The summed E-state index contributed by atoms with van der Waals surface area (Å²) in [7, 11) is 0. The summed E-state index contributed by atoms with van der Waals surface area (Å²) in [5.41, 5.74) is 2.54. The van der Waals surface area contributed by atoms with E-state index in [-0.39, 0.29) is 29.8 Å². The topological polar surface area (TPSA) is 101 Å². The minimum absolute atomic E-state index is 0. The Morgan fingerprint density at radius 2 is 1.97 bits per heavy atom. The Hall–Kier alpha value is -2.68. The van der Waals surface area contributed by atoms with Crippen molar-refractivity contribution >= 4 is 29.7 Å². The highest BCUT2D eigenvalue weighted by molar-refractivity contribution is 6.33. The molecule has 5 rings (SSSR count). The molecule has 4 aromatic rings. The zero-order valence-corrected chi connectivity index (χ0v) is 16.8. The average Bonchev–Trinajstić information content (AvgIpc) is 3.35. The lowest BCUT2D eigenvalue weighted by molar-refractivity contribution is 0.432. The van der Waals surface area contributed by atoms with E-state index >= 15 is 0 Å². The first-order valence-corrected chi connectivity index (χ1v) is 9.49. The van der Waals surface area contributed by atoms with Crippen LogP contribution >= 0.6 is 24.0 Å². The summed E-state index contributed by atoms with van der Waals surface area (Å²) in [4.78, 5) is 19.6. The van der Waals surface area contributed by atoms with Gasteiger partial charge in [0.15, 0.2) is 0 Å². The van der Waals surface area contributed by atoms with Gasteiger partial charge in [-0.05, 0) is 38.1 Å². The van der Waals surface area contributed by atoms with Crippen LogP contribution in [0, 0.1) is 0 Å². The molecule has 0 saturated carbocycles. The maximum Gasteiger partial charge on any atom is 0.263 e. The van der Waals surface area contributed by atoms with Gasteiger partial charge in [0.05, 0.1) is 16.9 Å². The van der Waals surface area contributed by atoms with Gasteiger partial charge < -0.3 is 14.8 Å². The predicted octanol–water partition coefficient (Wildman–Crippen LogP) is 3.28. The Balaban J connectivity index is 0.00000205. The van der Waals surface area contributed by atoms with Crippen molar-refractivity contribution in [3.8, 4) is 22.8 Å². The van der Waals surface area contributed by atoms with E-state index in [1.165, 1.54) is 0 Å². The van der Waals surface area contributed by atoms with Crippen LogP contribution in [0.4, 0.5) is 0 Å². The summed E-state index contributed by atoms with van der Waals surface area (Å²) >= 11 is 6.22. The van der Waals surface area contributed by atoms with Crippen molar-refractivity contribution in [1.29, 1.82) is 0 Å². The van der Waals surface area contributed by atoms with Gasteiger partial charge >= 0.3 is 0 Å². The normalized spacial score (nSPS) is 14.8. The first kappa shape index (κ1) is 19.6. The monoisotopic (exact) mass is 432 g/mol. The number of hydrogen-bond acceptors (Lipinski definition) is 6. The van der Waals surface area contributed by atoms with Crippen LogP contribution in [0.25, 0.3) is 28.5 Å². The van der Waals surface area contributed by atoms with Crippen LogP contribution in [0.1, 0.15) is 24.5 Å². The molecule has 10 heteroatoms. The molecule has 0 atom stereocenters. The number of aromatic nitrogens is 5. The first-order chi connectivity index (χ1) is 13.7. The van der Waals surface area contributed by atoms with Gasteiger partial charge in [0.1, 0.15) is 11.2 Å². The lowest BCUT2D eigenvalue weighted by atomic mass is 9.94. The van der Waals surface area contributed by atoms with E-state index in [1.807, 2.05) is 18.2 Å². The van der Waals surface area contributed by atoms with E-state index < -0.39 is 0 Å². The van der Waals surface area contributed by atoms with Gasteiger partial charge in [0.25, 0.3) is 11.4 Å². The van der Waals surface area contributed by atoms with Crippen LogP contribution in [-0.2, 0) is 0 Å². The number of aromatic amines is 1. The third kappa shape index (κ3) is 3.55. The molecule has 4 heterocycles. The average molecular weight is 433 g/mol. The van der Waals surface area contributed by atoms with Crippen molar-refractivity contribution in [2.45, 2.75) is 18.8 Å². The first-order valence-electron chi connectivity index (χ1n) is 9.11. The Morgan fingerprint density at radius 3 is 2.76 bits per heavy atom. The molecule has 1 fully saturated rings. The molecular formula is C19H18Cl2N6O2. The highest BCUT2D eigenvalue weighted by atomic mass is 35.5. The third-order valence-electron chi connectivity index (χ3n) is 5.06. The largest absolute Gasteiger partial charge is 0.333 e. The summed E-state index contributed by atoms with van der Waals surface area (Å²) in [5, 5.41) is 12.4. The van der Waals surface area contributed by atoms with Crippen molar-refractivity contribution < 1.29 is 4.52 Å². The number of H-pyrrole nitrogens is 1. The van der Waals surface area contributed by atoms with Crippen molar-refractivity contribution in [3.63, 3.8) is 0 Å². The van der Waals surface area contributed by atoms with Gasteiger partial charge in [0.2, 0.25) is 5.82 Å². The summed E-state index contributed by atoms with van der Waals surface area (Å²) in [6.07, 6.45) is 3.57. The molecule has 0 radical (unpaired) electrons. The number of nitrogens with zero attached hydrogens (tertiary/aromatic N) is 4. The molecule has 1 aromatic carbocycles. The lowest BCUT2D eigenvalue weighted by Crippen LogP contribution is -2.28. The van der Waals surface area contributed by atoms with Crippen LogP contribution in [0.3, 0.4) is 0 Å². The molecule has 1 aliphatic rings. The second-order valence-electron chi connectivity index (χ2n) is 6.80. The molecule has 150 valence electrons. The molecule has 3 aromatic heterocycles. The molecule has 1 saturated heterocycles. The fourth-order valence-corrected chi connectivity index (χ4v) is 3.88. The van der Waals surface area contributed by atoms with Gasteiger partial charge in [-0.2, -0.15) is 10.1 Å². The van der Waals surface area contributed by atoms with Crippen molar-refractivity contribution in [1.82, 2.24) is 30.1 Å². The fourth-order valence-electron chi connectivity index (χ4n) is 3.66. The molecule has 0 spiro atoms. The van der Waals surface area contributed by atoms with Gasteiger partial charge in [0, 0.05) is 17.5 Å². The zero-order valence-electron chi connectivity index (χ0n) is 15.3. The van der Waals surface area contributed by atoms with E-state index in [2.05, 4.69) is 25.5 Å². The van der Waals surface area contributed by atoms with Crippen LogP contribution in [0.5, 0.6) is 0 Å². The van der Waals surface area contributed by atoms with E-state index in [4.69, 9.17) is 16.1 Å². The van der Waals surface area contributed by atoms with Crippen LogP contribution in [0.15, 0.2) is 45.8 Å². The molecule has 0 unspecified atom stereocenters. The minimum Gasteiger partial charge on any atom is -0.333 e. The second-order valence-corrected chi connectivity index (χ2v) is 7.21.